The Morgan fingerprint density at radius 3 is 2.47 bits per heavy atom. The Bertz CT molecular complexity index is 281. The zero-order valence-corrected chi connectivity index (χ0v) is 13.5. The molecule has 0 aromatic rings. The van der Waals surface area contributed by atoms with Crippen LogP contribution in [0.15, 0.2) is 0 Å². The second-order valence-electron chi connectivity index (χ2n) is 2.79. The number of thiocarbonyl (C=S) groups is 1. The van der Waals surface area contributed by atoms with Crippen molar-refractivity contribution in [3.05, 3.63) is 0 Å². The van der Waals surface area contributed by atoms with Crippen LogP contribution >= 0.6 is 24.4 Å². The zero-order chi connectivity index (χ0) is 11.2. The average Bonchev–Trinajstić information content (AvgIpc) is 1.98. The SMILES string of the molecule is CN(C)SNC(=S)CCCS(=O)(=O)[O-].[Na+]. The fourth-order valence-electron chi connectivity index (χ4n) is 0.603. The van der Waals surface area contributed by atoms with Crippen LogP contribution < -0.4 is 34.3 Å². The molecule has 0 saturated heterocycles. The Hall–Kier alpha value is 1.11. The van der Waals surface area contributed by atoms with Gasteiger partial charge in [-0.1, -0.05) is 12.2 Å². The van der Waals surface area contributed by atoms with Gasteiger partial charge in [0.05, 0.1) is 15.1 Å². The van der Waals surface area contributed by atoms with E-state index in [1.54, 1.807) is 0 Å². The normalized spacial score (nSPS) is 10.9. The molecule has 0 fully saturated rings. The molecule has 0 rings (SSSR count). The topological polar surface area (TPSA) is 72.5 Å². The summed E-state index contributed by atoms with van der Waals surface area (Å²) in [6.07, 6.45) is 0.684. The van der Waals surface area contributed by atoms with Crippen molar-refractivity contribution in [1.82, 2.24) is 9.03 Å². The first-order chi connectivity index (χ1) is 6.31. The monoisotopic (exact) mass is 280 g/mol. The summed E-state index contributed by atoms with van der Waals surface area (Å²) >= 11 is 6.22. The molecule has 15 heavy (non-hydrogen) atoms. The molecule has 5 nitrogen and oxygen atoms in total. The summed E-state index contributed by atoms with van der Waals surface area (Å²) in [5.41, 5.74) is 0. The molecule has 84 valence electrons. The Morgan fingerprint density at radius 1 is 1.53 bits per heavy atom. The first-order valence-electron chi connectivity index (χ1n) is 3.88. The smallest absolute Gasteiger partial charge is 0.748 e. The average molecular weight is 280 g/mol. The van der Waals surface area contributed by atoms with E-state index >= 15 is 0 Å². The summed E-state index contributed by atoms with van der Waals surface area (Å²) in [6, 6.07) is 0. The predicted molar refractivity (Wildman–Crippen MR) is 60.8 cm³/mol. The van der Waals surface area contributed by atoms with Gasteiger partial charge in [0.1, 0.15) is 0 Å². The molecule has 1 N–H and O–H groups in total. The minimum atomic E-state index is -4.11. The summed E-state index contributed by atoms with van der Waals surface area (Å²) in [5, 5.41) is 0. The van der Waals surface area contributed by atoms with Crippen molar-refractivity contribution in [2.75, 3.05) is 19.8 Å². The number of rotatable bonds is 6. The molecular weight excluding hydrogens is 267 g/mol. The van der Waals surface area contributed by atoms with Gasteiger partial charge < -0.3 is 9.27 Å². The standard InChI is InChI=1S/C6H14N2O3S3.Na/c1-8(2)13-7-6(12)4-3-5-14(9,10)11;/h3-5H2,1-2H3,(H,7,12)(H,9,10,11);/q;+1/p-1. The first kappa shape index (κ1) is 18.5. The van der Waals surface area contributed by atoms with Crippen LogP contribution in [0.3, 0.4) is 0 Å². The van der Waals surface area contributed by atoms with E-state index in [0.29, 0.717) is 11.4 Å². The van der Waals surface area contributed by atoms with Crippen LogP contribution in [0.25, 0.3) is 0 Å². The summed E-state index contributed by atoms with van der Waals surface area (Å²) in [4.78, 5) is 0.548. The molecule has 0 unspecified atom stereocenters. The van der Waals surface area contributed by atoms with E-state index in [1.165, 1.54) is 12.1 Å². The molecule has 0 spiro atoms. The molecule has 0 aliphatic heterocycles. The van der Waals surface area contributed by atoms with Crippen molar-refractivity contribution in [3.8, 4) is 0 Å². The van der Waals surface area contributed by atoms with E-state index in [4.69, 9.17) is 12.2 Å². The fourth-order valence-corrected chi connectivity index (χ4v) is 1.74. The number of hydrogen-bond donors (Lipinski definition) is 1. The third kappa shape index (κ3) is 15.1. The van der Waals surface area contributed by atoms with Crippen LogP contribution in [-0.4, -0.2) is 42.1 Å². The molecule has 0 radical (unpaired) electrons. The molecule has 0 aromatic heterocycles. The maximum atomic E-state index is 10.2. The minimum absolute atomic E-state index is 0. The zero-order valence-electron chi connectivity index (χ0n) is 9.02. The van der Waals surface area contributed by atoms with Gasteiger partial charge in [-0.05, 0) is 26.9 Å². The van der Waals surface area contributed by atoms with E-state index in [0.717, 1.165) is 0 Å². The predicted octanol–water partition coefficient (Wildman–Crippen LogP) is -2.64. The summed E-state index contributed by atoms with van der Waals surface area (Å²) < 4.78 is 35.4. The van der Waals surface area contributed by atoms with Gasteiger partial charge in [0.2, 0.25) is 0 Å². The molecule has 0 heterocycles. The largest absolute Gasteiger partial charge is 1.00 e. The van der Waals surface area contributed by atoms with Crippen LogP contribution in [0.4, 0.5) is 0 Å². The van der Waals surface area contributed by atoms with Crippen molar-refractivity contribution in [1.29, 1.82) is 0 Å². The van der Waals surface area contributed by atoms with E-state index in [-0.39, 0.29) is 41.7 Å². The van der Waals surface area contributed by atoms with Crippen molar-refractivity contribution in [3.63, 3.8) is 0 Å². The third-order valence-corrected chi connectivity index (χ3v) is 3.07. The molecule has 0 bridgehead atoms. The van der Waals surface area contributed by atoms with Crippen LogP contribution in [0.5, 0.6) is 0 Å². The van der Waals surface area contributed by atoms with Gasteiger partial charge in [0.25, 0.3) is 0 Å². The van der Waals surface area contributed by atoms with Gasteiger partial charge in [-0.2, -0.15) is 0 Å². The van der Waals surface area contributed by atoms with E-state index in [2.05, 4.69) is 4.72 Å². The van der Waals surface area contributed by atoms with Crippen molar-refractivity contribution in [2.24, 2.45) is 0 Å². The Labute approximate surface area is 123 Å². The third-order valence-electron chi connectivity index (χ3n) is 1.14. The Kier molecular flexibility index (Phi) is 11.3. The quantitative estimate of drug-likeness (QED) is 0.247. The van der Waals surface area contributed by atoms with Gasteiger partial charge in [-0.25, -0.2) is 12.7 Å². The van der Waals surface area contributed by atoms with Gasteiger partial charge in [0, 0.05) is 17.9 Å². The molecule has 0 saturated carbocycles. The minimum Gasteiger partial charge on any atom is -0.748 e. The van der Waals surface area contributed by atoms with E-state index in [1.807, 2.05) is 18.4 Å². The van der Waals surface area contributed by atoms with Crippen molar-refractivity contribution in [2.45, 2.75) is 12.8 Å². The molecule has 0 atom stereocenters. The van der Waals surface area contributed by atoms with Crippen molar-refractivity contribution < 1.29 is 42.5 Å². The molecule has 0 aliphatic rings. The molecule has 0 aliphatic carbocycles. The van der Waals surface area contributed by atoms with Crippen LogP contribution in [0, 0.1) is 0 Å². The maximum absolute atomic E-state index is 10.2. The van der Waals surface area contributed by atoms with Gasteiger partial charge in [-0.15, -0.1) is 0 Å². The van der Waals surface area contributed by atoms with E-state index in [9.17, 15) is 13.0 Å². The Balaban J connectivity index is 0. The fraction of sp³-hybridized carbons (Fsp3) is 0.833. The summed E-state index contributed by atoms with van der Waals surface area (Å²) in [6.45, 7) is 0. The maximum Gasteiger partial charge on any atom is 1.00 e. The molecule has 9 heteroatoms. The van der Waals surface area contributed by atoms with Gasteiger partial charge in [0.15, 0.2) is 0 Å². The number of hydrogen-bond acceptors (Lipinski definition) is 6. The van der Waals surface area contributed by atoms with Gasteiger partial charge >= 0.3 is 29.6 Å². The van der Waals surface area contributed by atoms with Crippen LogP contribution in [0.1, 0.15) is 12.8 Å². The number of nitrogens with one attached hydrogen (secondary N) is 1. The number of nitrogens with zero attached hydrogens (tertiary/aromatic N) is 1. The van der Waals surface area contributed by atoms with Crippen LogP contribution in [0.2, 0.25) is 0 Å². The van der Waals surface area contributed by atoms with Gasteiger partial charge in [-0.3, -0.25) is 0 Å². The second-order valence-corrected chi connectivity index (χ2v) is 5.93. The second kappa shape index (κ2) is 9.17. The first-order valence-corrected chi connectivity index (χ1v) is 6.64. The molecule has 0 aromatic carbocycles. The Morgan fingerprint density at radius 2 is 2.07 bits per heavy atom. The molecule has 0 amide bonds. The summed E-state index contributed by atoms with van der Waals surface area (Å²) in [7, 11) is -0.407. The van der Waals surface area contributed by atoms with Crippen LogP contribution in [-0.2, 0) is 10.1 Å². The van der Waals surface area contributed by atoms with E-state index < -0.39 is 10.1 Å². The van der Waals surface area contributed by atoms with Crippen molar-refractivity contribution >= 4 is 39.5 Å². The summed E-state index contributed by atoms with van der Waals surface area (Å²) in [5.74, 6) is -0.360. The molecular formula is C6H13N2NaO3S3.